The van der Waals surface area contributed by atoms with Gasteiger partial charge in [-0.05, 0) is 32.9 Å². The lowest BCUT2D eigenvalue weighted by Gasteiger charge is -2.48. The molecule has 1 saturated carbocycles. The Bertz CT molecular complexity index is 366. The Labute approximate surface area is 114 Å². The summed E-state index contributed by atoms with van der Waals surface area (Å²) in [5.41, 5.74) is 1.79. The molecule has 1 fully saturated rings. The summed E-state index contributed by atoms with van der Waals surface area (Å²) in [4.78, 5) is 7.52. The van der Waals surface area contributed by atoms with Crippen LogP contribution in [0.1, 0.15) is 37.5 Å². The molecule has 0 radical (unpaired) electrons. The molecule has 3 unspecified atom stereocenters. The quantitative estimate of drug-likeness (QED) is 0.911. The van der Waals surface area contributed by atoms with E-state index in [0.717, 1.165) is 19.3 Å². The highest BCUT2D eigenvalue weighted by molar-refractivity contribution is 7.09. The standard InChI is InChI=1S/C14H24N2OS/c1-11-5-4-6-14(8-11,16(2)3)13(17)7-12-9-15-10-18-12/h9-11,13,17H,4-8H2,1-3H3. The Morgan fingerprint density at radius 1 is 1.61 bits per heavy atom. The predicted octanol–water partition coefficient (Wildman–Crippen LogP) is 2.56. The normalized spacial score (nSPS) is 30.6. The third kappa shape index (κ3) is 2.76. The predicted molar refractivity (Wildman–Crippen MR) is 75.9 cm³/mol. The molecular weight excluding hydrogens is 244 g/mol. The van der Waals surface area contributed by atoms with Crippen LogP contribution in [0.2, 0.25) is 0 Å². The van der Waals surface area contributed by atoms with E-state index in [0.29, 0.717) is 5.92 Å². The first-order valence-electron chi connectivity index (χ1n) is 6.77. The number of rotatable bonds is 4. The van der Waals surface area contributed by atoms with Crippen molar-refractivity contribution in [3.8, 4) is 0 Å². The van der Waals surface area contributed by atoms with Crippen molar-refractivity contribution in [1.29, 1.82) is 0 Å². The van der Waals surface area contributed by atoms with Gasteiger partial charge in [0.2, 0.25) is 0 Å². The number of hydrogen-bond donors (Lipinski definition) is 1. The summed E-state index contributed by atoms with van der Waals surface area (Å²) in [6.07, 6.45) is 7.03. The molecule has 0 amide bonds. The molecule has 0 saturated heterocycles. The Balaban J connectivity index is 2.13. The fourth-order valence-corrected chi connectivity index (χ4v) is 3.93. The number of aliphatic hydroxyl groups excluding tert-OH is 1. The maximum absolute atomic E-state index is 10.7. The summed E-state index contributed by atoms with van der Waals surface area (Å²) in [5, 5.41) is 10.7. The largest absolute Gasteiger partial charge is 0.391 e. The molecule has 102 valence electrons. The van der Waals surface area contributed by atoms with Crippen molar-refractivity contribution in [2.24, 2.45) is 5.92 Å². The van der Waals surface area contributed by atoms with Crippen LogP contribution in [0.3, 0.4) is 0 Å². The Morgan fingerprint density at radius 3 is 2.94 bits per heavy atom. The van der Waals surface area contributed by atoms with Crippen LogP contribution in [-0.4, -0.2) is 40.7 Å². The number of aromatic nitrogens is 1. The molecule has 2 rings (SSSR count). The minimum atomic E-state index is -0.296. The van der Waals surface area contributed by atoms with E-state index in [4.69, 9.17) is 0 Å². The van der Waals surface area contributed by atoms with E-state index in [-0.39, 0.29) is 11.6 Å². The second kappa shape index (κ2) is 5.68. The monoisotopic (exact) mass is 268 g/mol. The molecule has 1 aliphatic rings. The number of aliphatic hydroxyl groups is 1. The highest BCUT2D eigenvalue weighted by Crippen LogP contribution is 2.39. The van der Waals surface area contributed by atoms with Crippen molar-refractivity contribution in [3.05, 3.63) is 16.6 Å². The van der Waals surface area contributed by atoms with E-state index in [1.807, 2.05) is 11.7 Å². The highest BCUT2D eigenvalue weighted by atomic mass is 32.1. The average Bonchev–Trinajstić information content (AvgIpc) is 2.81. The zero-order valence-electron chi connectivity index (χ0n) is 11.6. The molecule has 1 aliphatic carbocycles. The van der Waals surface area contributed by atoms with Crippen LogP contribution in [0, 0.1) is 5.92 Å². The second-order valence-corrected chi connectivity index (χ2v) is 6.86. The van der Waals surface area contributed by atoms with Gasteiger partial charge in [0.1, 0.15) is 0 Å². The van der Waals surface area contributed by atoms with Crippen LogP contribution in [0.25, 0.3) is 0 Å². The Morgan fingerprint density at radius 2 is 2.39 bits per heavy atom. The Hall–Kier alpha value is -0.450. The average molecular weight is 268 g/mol. The zero-order chi connectivity index (χ0) is 13.2. The molecule has 1 aromatic heterocycles. The van der Waals surface area contributed by atoms with Gasteiger partial charge in [-0.3, -0.25) is 4.98 Å². The fraction of sp³-hybridized carbons (Fsp3) is 0.786. The van der Waals surface area contributed by atoms with E-state index in [1.54, 1.807) is 11.3 Å². The molecule has 4 heteroatoms. The first kappa shape index (κ1) is 14.0. The molecule has 0 aromatic carbocycles. The number of thiazole rings is 1. The summed E-state index contributed by atoms with van der Waals surface area (Å²) in [7, 11) is 4.21. The van der Waals surface area contributed by atoms with Crippen LogP contribution < -0.4 is 0 Å². The van der Waals surface area contributed by atoms with E-state index in [2.05, 4.69) is 30.9 Å². The summed E-state index contributed by atoms with van der Waals surface area (Å²) >= 11 is 1.64. The van der Waals surface area contributed by atoms with Gasteiger partial charge in [-0.2, -0.15) is 0 Å². The van der Waals surface area contributed by atoms with Gasteiger partial charge in [0.15, 0.2) is 0 Å². The van der Waals surface area contributed by atoms with Crippen LogP contribution in [-0.2, 0) is 6.42 Å². The van der Waals surface area contributed by atoms with Gasteiger partial charge < -0.3 is 10.0 Å². The highest BCUT2D eigenvalue weighted by Gasteiger charge is 2.42. The summed E-state index contributed by atoms with van der Waals surface area (Å²) in [6.45, 7) is 2.30. The maximum Gasteiger partial charge on any atom is 0.0794 e. The van der Waals surface area contributed by atoms with Crippen LogP contribution >= 0.6 is 11.3 Å². The van der Waals surface area contributed by atoms with Gasteiger partial charge in [-0.25, -0.2) is 0 Å². The van der Waals surface area contributed by atoms with Crippen molar-refractivity contribution >= 4 is 11.3 Å². The number of hydrogen-bond acceptors (Lipinski definition) is 4. The van der Waals surface area contributed by atoms with Crippen LogP contribution in [0.15, 0.2) is 11.7 Å². The van der Waals surface area contributed by atoms with Crippen molar-refractivity contribution in [3.63, 3.8) is 0 Å². The lowest BCUT2D eigenvalue weighted by molar-refractivity contribution is -0.0421. The van der Waals surface area contributed by atoms with Gasteiger partial charge in [-0.15, -0.1) is 11.3 Å². The van der Waals surface area contributed by atoms with Gasteiger partial charge in [0.05, 0.1) is 11.6 Å². The summed E-state index contributed by atoms with van der Waals surface area (Å²) in [5.74, 6) is 0.706. The summed E-state index contributed by atoms with van der Waals surface area (Å²) in [6, 6.07) is 0. The lowest BCUT2D eigenvalue weighted by Crippen LogP contribution is -2.56. The van der Waals surface area contributed by atoms with Gasteiger partial charge in [0, 0.05) is 23.0 Å². The van der Waals surface area contributed by atoms with E-state index < -0.39 is 0 Å². The molecule has 0 bridgehead atoms. The zero-order valence-corrected chi connectivity index (χ0v) is 12.4. The van der Waals surface area contributed by atoms with Gasteiger partial charge >= 0.3 is 0 Å². The first-order valence-corrected chi connectivity index (χ1v) is 7.65. The van der Waals surface area contributed by atoms with E-state index >= 15 is 0 Å². The van der Waals surface area contributed by atoms with Crippen LogP contribution in [0.4, 0.5) is 0 Å². The molecule has 1 heterocycles. The molecule has 1 aromatic rings. The molecule has 1 N–H and O–H groups in total. The maximum atomic E-state index is 10.7. The van der Waals surface area contributed by atoms with Crippen molar-refractivity contribution in [2.75, 3.05) is 14.1 Å². The topological polar surface area (TPSA) is 36.4 Å². The minimum Gasteiger partial charge on any atom is -0.391 e. The SMILES string of the molecule is CC1CCCC(C(O)Cc2cncs2)(N(C)C)C1. The fourth-order valence-electron chi connectivity index (χ4n) is 3.29. The third-order valence-electron chi connectivity index (χ3n) is 4.40. The smallest absolute Gasteiger partial charge is 0.0794 e. The minimum absolute atomic E-state index is 0.0539. The lowest BCUT2D eigenvalue weighted by atomic mass is 9.71. The molecule has 3 atom stereocenters. The van der Waals surface area contributed by atoms with Crippen molar-refractivity contribution in [2.45, 2.75) is 50.7 Å². The Kier molecular flexibility index (Phi) is 4.41. The molecule has 0 aliphatic heterocycles. The summed E-state index contributed by atoms with van der Waals surface area (Å²) < 4.78 is 0. The van der Waals surface area contributed by atoms with Crippen molar-refractivity contribution < 1.29 is 5.11 Å². The number of likely N-dealkylation sites (N-methyl/N-ethyl adjacent to an activating group) is 1. The molecule has 18 heavy (non-hydrogen) atoms. The number of nitrogens with zero attached hydrogens (tertiary/aromatic N) is 2. The van der Waals surface area contributed by atoms with Gasteiger partial charge in [-0.1, -0.05) is 19.8 Å². The van der Waals surface area contributed by atoms with E-state index in [9.17, 15) is 5.11 Å². The van der Waals surface area contributed by atoms with Crippen molar-refractivity contribution in [1.82, 2.24) is 9.88 Å². The van der Waals surface area contributed by atoms with Crippen LogP contribution in [0.5, 0.6) is 0 Å². The first-order chi connectivity index (χ1) is 8.54. The molecular formula is C14H24N2OS. The van der Waals surface area contributed by atoms with Gasteiger partial charge in [0.25, 0.3) is 0 Å². The molecule has 3 nitrogen and oxygen atoms in total. The molecule has 0 spiro atoms. The second-order valence-electron chi connectivity index (χ2n) is 5.89. The van der Waals surface area contributed by atoms with E-state index in [1.165, 1.54) is 17.7 Å². The third-order valence-corrected chi connectivity index (χ3v) is 5.20.